The summed E-state index contributed by atoms with van der Waals surface area (Å²) in [7, 11) is 0. The summed E-state index contributed by atoms with van der Waals surface area (Å²) in [6.07, 6.45) is 0.857. The number of carboxylic acids is 1. The first-order chi connectivity index (χ1) is 10.5. The predicted octanol–water partition coefficient (Wildman–Crippen LogP) is 2.69. The molecule has 0 bridgehead atoms. The standard InChI is InChI=1S/C15H16ClN3O3/c1-9-5-6-19(13(9)15(20)21)8-12-17-14(22-18-12)10-3-2-4-11(16)7-10/h2-4,7,9,13H,5-6,8H2,1H3,(H,20,21). The van der Waals surface area contributed by atoms with Gasteiger partial charge >= 0.3 is 5.97 Å². The second-order valence-electron chi connectivity index (χ2n) is 5.55. The smallest absolute Gasteiger partial charge is 0.321 e. The first-order valence-corrected chi connectivity index (χ1v) is 7.48. The average Bonchev–Trinajstić information content (AvgIpc) is 3.06. The van der Waals surface area contributed by atoms with Crippen LogP contribution in [0.15, 0.2) is 28.8 Å². The van der Waals surface area contributed by atoms with Gasteiger partial charge in [0.1, 0.15) is 6.04 Å². The lowest BCUT2D eigenvalue weighted by Crippen LogP contribution is -2.38. The Morgan fingerprint density at radius 3 is 3.09 bits per heavy atom. The van der Waals surface area contributed by atoms with Gasteiger partial charge in [0.25, 0.3) is 5.89 Å². The van der Waals surface area contributed by atoms with Crippen molar-refractivity contribution in [1.82, 2.24) is 15.0 Å². The number of carbonyl (C=O) groups is 1. The van der Waals surface area contributed by atoms with Crippen LogP contribution in [0.1, 0.15) is 19.2 Å². The van der Waals surface area contributed by atoms with Crippen molar-refractivity contribution >= 4 is 17.6 Å². The molecular weight excluding hydrogens is 306 g/mol. The normalized spacial score (nSPS) is 22.1. The van der Waals surface area contributed by atoms with Crippen LogP contribution in [0.5, 0.6) is 0 Å². The van der Waals surface area contributed by atoms with Gasteiger partial charge in [0.05, 0.1) is 6.54 Å². The van der Waals surface area contributed by atoms with E-state index in [4.69, 9.17) is 16.1 Å². The number of hydrogen-bond donors (Lipinski definition) is 1. The van der Waals surface area contributed by atoms with Gasteiger partial charge < -0.3 is 9.63 Å². The minimum Gasteiger partial charge on any atom is -0.480 e. The molecule has 1 fully saturated rings. The molecule has 2 heterocycles. The van der Waals surface area contributed by atoms with Crippen LogP contribution in [-0.2, 0) is 11.3 Å². The lowest BCUT2D eigenvalue weighted by atomic mass is 10.0. The third kappa shape index (κ3) is 2.98. The number of likely N-dealkylation sites (tertiary alicyclic amines) is 1. The molecule has 1 saturated heterocycles. The molecule has 1 N–H and O–H groups in total. The lowest BCUT2D eigenvalue weighted by Gasteiger charge is -2.21. The summed E-state index contributed by atoms with van der Waals surface area (Å²) in [5.74, 6) is 0.187. The summed E-state index contributed by atoms with van der Waals surface area (Å²) < 4.78 is 5.24. The third-order valence-corrected chi connectivity index (χ3v) is 4.18. The van der Waals surface area contributed by atoms with Crippen LogP contribution in [0.4, 0.5) is 0 Å². The molecule has 1 aliphatic rings. The molecule has 0 amide bonds. The maximum atomic E-state index is 11.4. The SMILES string of the molecule is CC1CCN(Cc2noc(-c3cccc(Cl)c3)n2)C1C(=O)O. The van der Waals surface area contributed by atoms with Gasteiger partial charge in [-0.1, -0.05) is 29.7 Å². The Balaban J connectivity index is 1.76. The number of carboxylic acid groups (broad SMARTS) is 1. The second kappa shape index (κ2) is 6.06. The molecule has 3 rings (SSSR count). The van der Waals surface area contributed by atoms with Gasteiger partial charge in [-0.05, 0) is 37.1 Å². The van der Waals surface area contributed by atoms with Crippen molar-refractivity contribution in [3.8, 4) is 11.5 Å². The summed E-state index contributed by atoms with van der Waals surface area (Å²) in [4.78, 5) is 17.6. The van der Waals surface area contributed by atoms with Crippen LogP contribution in [-0.4, -0.2) is 38.7 Å². The molecule has 0 aliphatic carbocycles. The Morgan fingerprint density at radius 2 is 2.36 bits per heavy atom. The number of halogens is 1. The largest absolute Gasteiger partial charge is 0.480 e. The quantitative estimate of drug-likeness (QED) is 0.932. The molecule has 7 heteroatoms. The van der Waals surface area contributed by atoms with E-state index in [-0.39, 0.29) is 5.92 Å². The van der Waals surface area contributed by atoms with Crippen molar-refractivity contribution < 1.29 is 14.4 Å². The van der Waals surface area contributed by atoms with Crippen LogP contribution < -0.4 is 0 Å². The average molecular weight is 322 g/mol. The molecule has 1 aromatic carbocycles. The Labute approximate surface area is 132 Å². The van der Waals surface area contributed by atoms with Crippen molar-refractivity contribution in [2.24, 2.45) is 5.92 Å². The number of hydrogen-bond acceptors (Lipinski definition) is 5. The molecule has 2 unspecified atom stereocenters. The molecule has 1 aliphatic heterocycles. The maximum absolute atomic E-state index is 11.4. The number of benzene rings is 1. The van der Waals surface area contributed by atoms with Crippen LogP contribution in [0.3, 0.4) is 0 Å². The Morgan fingerprint density at radius 1 is 1.55 bits per heavy atom. The Kier molecular flexibility index (Phi) is 4.13. The third-order valence-electron chi connectivity index (χ3n) is 3.94. The van der Waals surface area contributed by atoms with E-state index in [1.807, 2.05) is 24.0 Å². The Hall–Kier alpha value is -1.92. The zero-order valence-corrected chi connectivity index (χ0v) is 12.8. The number of aromatic nitrogens is 2. The van der Waals surface area contributed by atoms with Gasteiger partial charge in [-0.25, -0.2) is 0 Å². The number of nitrogens with zero attached hydrogens (tertiary/aromatic N) is 3. The Bertz CT molecular complexity index is 688. The van der Waals surface area contributed by atoms with Crippen molar-refractivity contribution in [2.45, 2.75) is 25.9 Å². The zero-order valence-electron chi connectivity index (χ0n) is 12.1. The predicted molar refractivity (Wildman–Crippen MR) is 80.4 cm³/mol. The van der Waals surface area contributed by atoms with Crippen molar-refractivity contribution in [1.29, 1.82) is 0 Å². The summed E-state index contributed by atoms with van der Waals surface area (Å²) in [6.45, 7) is 3.04. The summed E-state index contributed by atoms with van der Waals surface area (Å²) in [5.41, 5.74) is 0.746. The highest BCUT2D eigenvalue weighted by Gasteiger charge is 2.37. The fourth-order valence-electron chi connectivity index (χ4n) is 2.84. The minimum atomic E-state index is -0.802. The van der Waals surface area contributed by atoms with Crippen molar-refractivity contribution in [3.63, 3.8) is 0 Å². The summed E-state index contributed by atoms with van der Waals surface area (Å²) >= 11 is 5.95. The molecule has 0 spiro atoms. The van der Waals surface area contributed by atoms with E-state index >= 15 is 0 Å². The molecular formula is C15H16ClN3O3. The molecule has 1 aromatic heterocycles. The van der Waals surface area contributed by atoms with Crippen LogP contribution in [0.25, 0.3) is 11.5 Å². The van der Waals surface area contributed by atoms with E-state index in [2.05, 4.69) is 10.1 Å². The van der Waals surface area contributed by atoms with E-state index in [0.29, 0.717) is 23.3 Å². The first kappa shape index (κ1) is 15.0. The molecule has 0 saturated carbocycles. The van der Waals surface area contributed by atoms with Gasteiger partial charge in [-0.3, -0.25) is 9.69 Å². The fraction of sp³-hybridized carbons (Fsp3) is 0.400. The van der Waals surface area contributed by atoms with E-state index in [1.54, 1.807) is 12.1 Å². The molecule has 0 radical (unpaired) electrons. The molecule has 6 nitrogen and oxygen atoms in total. The minimum absolute atomic E-state index is 0.122. The summed E-state index contributed by atoms with van der Waals surface area (Å²) in [6, 6.07) is 6.67. The van der Waals surface area contributed by atoms with Crippen molar-refractivity contribution in [2.75, 3.05) is 6.54 Å². The van der Waals surface area contributed by atoms with E-state index in [0.717, 1.165) is 18.5 Å². The van der Waals surface area contributed by atoms with E-state index in [1.165, 1.54) is 0 Å². The highest BCUT2D eigenvalue weighted by atomic mass is 35.5. The zero-order chi connectivity index (χ0) is 15.7. The maximum Gasteiger partial charge on any atom is 0.321 e. The van der Waals surface area contributed by atoms with Gasteiger partial charge in [-0.2, -0.15) is 4.98 Å². The number of aliphatic carboxylic acids is 1. The van der Waals surface area contributed by atoms with E-state index in [9.17, 15) is 9.90 Å². The van der Waals surface area contributed by atoms with E-state index < -0.39 is 12.0 Å². The van der Waals surface area contributed by atoms with Gasteiger partial charge in [0.2, 0.25) is 0 Å². The summed E-state index contributed by atoms with van der Waals surface area (Å²) in [5, 5.41) is 13.9. The van der Waals surface area contributed by atoms with Crippen LogP contribution >= 0.6 is 11.6 Å². The van der Waals surface area contributed by atoms with Gasteiger partial charge in [0.15, 0.2) is 5.82 Å². The molecule has 22 heavy (non-hydrogen) atoms. The highest BCUT2D eigenvalue weighted by molar-refractivity contribution is 6.30. The highest BCUT2D eigenvalue weighted by Crippen LogP contribution is 2.26. The molecule has 2 aromatic rings. The molecule has 2 atom stereocenters. The fourth-order valence-corrected chi connectivity index (χ4v) is 3.03. The van der Waals surface area contributed by atoms with Crippen LogP contribution in [0.2, 0.25) is 5.02 Å². The molecule has 116 valence electrons. The first-order valence-electron chi connectivity index (χ1n) is 7.10. The van der Waals surface area contributed by atoms with Crippen LogP contribution in [0, 0.1) is 5.92 Å². The van der Waals surface area contributed by atoms with Crippen molar-refractivity contribution in [3.05, 3.63) is 35.1 Å². The topological polar surface area (TPSA) is 79.5 Å². The lowest BCUT2D eigenvalue weighted by molar-refractivity contribution is -0.143. The second-order valence-corrected chi connectivity index (χ2v) is 5.98. The number of rotatable bonds is 4. The van der Waals surface area contributed by atoms with Gasteiger partial charge in [-0.15, -0.1) is 0 Å². The van der Waals surface area contributed by atoms with Gasteiger partial charge in [0, 0.05) is 10.6 Å². The monoisotopic (exact) mass is 321 g/mol.